The van der Waals surface area contributed by atoms with Gasteiger partial charge in [0.1, 0.15) is 11.6 Å². The van der Waals surface area contributed by atoms with Crippen molar-refractivity contribution in [1.29, 1.82) is 0 Å². The first-order chi connectivity index (χ1) is 30.1. The van der Waals surface area contributed by atoms with Gasteiger partial charge in [-0.2, -0.15) is 31.4 Å². The summed E-state index contributed by atoms with van der Waals surface area (Å²) in [5, 5.41) is 16.0. The average Bonchev–Trinajstić information content (AvgIpc) is 3.87. The molecule has 340 valence electrons. The van der Waals surface area contributed by atoms with Crippen LogP contribution in [-0.4, -0.2) is 43.7 Å². The Morgan fingerprint density at radius 1 is 0.844 bits per heavy atom. The number of carboxylic acid groups (broad SMARTS) is 1. The molecule has 0 atom stereocenters. The molecular formula is C46H46F7N4O6P. The highest BCUT2D eigenvalue weighted by Crippen LogP contribution is 2.50. The SMILES string of the molecule is CCOP(=O)(OCC)Oc1ccc(Cc2cc3c(-c4c5c(nn4-c4c(CC)cccc4CC)C(C)(C)N(Cc4ccc(C(F)(F)F)cc4C(F)(F)F)C5)ccc(F)c3n2C(=O)O)cc1. The van der Waals surface area contributed by atoms with Gasteiger partial charge in [-0.3, -0.25) is 13.9 Å². The van der Waals surface area contributed by atoms with Gasteiger partial charge in [0.05, 0.1) is 52.5 Å². The van der Waals surface area contributed by atoms with Crippen molar-refractivity contribution in [2.24, 2.45) is 0 Å². The van der Waals surface area contributed by atoms with Crippen LogP contribution in [0, 0.1) is 5.82 Å². The van der Waals surface area contributed by atoms with E-state index in [1.54, 1.807) is 55.5 Å². The second kappa shape index (κ2) is 17.5. The van der Waals surface area contributed by atoms with E-state index in [4.69, 9.17) is 18.7 Å². The number of nitrogens with zero attached hydrogens (tertiary/aromatic N) is 4. The molecule has 1 aliphatic rings. The molecule has 0 fully saturated rings. The van der Waals surface area contributed by atoms with Crippen molar-refractivity contribution in [3.63, 3.8) is 0 Å². The van der Waals surface area contributed by atoms with Crippen LogP contribution in [0.25, 0.3) is 27.8 Å². The van der Waals surface area contributed by atoms with Gasteiger partial charge in [0.2, 0.25) is 0 Å². The second-order valence-corrected chi connectivity index (χ2v) is 17.4. The Kier molecular flexibility index (Phi) is 12.7. The molecule has 1 aliphatic heterocycles. The van der Waals surface area contributed by atoms with Crippen LogP contribution in [0.1, 0.15) is 91.9 Å². The van der Waals surface area contributed by atoms with Crippen LogP contribution in [0.2, 0.25) is 0 Å². The lowest BCUT2D eigenvalue weighted by Gasteiger charge is -2.33. The number of carbonyl (C=O) groups is 1. The predicted molar refractivity (Wildman–Crippen MR) is 226 cm³/mol. The molecule has 0 unspecified atom stereocenters. The third kappa shape index (κ3) is 8.70. The number of fused-ring (bicyclic) bond motifs is 2. The summed E-state index contributed by atoms with van der Waals surface area (Å²) in [6, 6.07) is 18.0. The molecule has 0 saturated carbocycles. The van der Waals surface area contributed by atoms with Gasteiger partial charge in [0.15, 0.2) is 0 Å². The Morgan fingerprint density at radius 2 is 1.48 bits per heavy atom. The van der Waals surface area contributed by atoms with Crippen molar-refractivity contribution >= 4 is 24.8 Å². The van der Waals surface area contributed by atoms with Crippen LogP contribution in [0.3, 0.4) is 0 Å². The molecule has 2 aromatic heterocycles. The largest absolute Gasteiger partial charge is 0.530 e. The highest BCUT2D eigenvalue weighted by molar-refractivity contribution is 7.48. The molecule has 1 N–H and O–H groups in total. The molecule has 10 nitrogen and oxygen atoms in total. The first kappa shape index (κ1) is 46.5. The van der Waals surface area contributed by atoms with E-state index in [-0.39, 0.29) is 60.2 Å². The van der Waals surface area contributed by atoms with Gasteiger partial charge in [-0.25, -0.2) is 23.0 Å². The maximum atomic E-state index is 16.2. The van der Waals surface area contributed by atoms with Crippen molar-refractivity contribution in [2.75, 3.05) is 13.2 Å². The molecule has 0 spiro atoms. The number of benzene rings is 4. The molecular weight excluding hydrogens is 868 g/mol. The normalized spacial score (nSPS) is 14.4. The van der Waals surface area contributed by atoms with Gasteiger partial charge in [-0.15, -0.1) is 0 Å². The first-order valence-electron chi connectivity index (χ1n) is 20.7. The van der Waals surface area contributed by atoms with Gasteiger partial charge in [0.25, 0.3) is 0 Å². The van der Waals surface area contributed by atoms with Gasteiger partial charge < -0.3 is 9.63 Å². The van der Waals surface area contributed by atoms with Crippen molar-refractivity contribution in [3.05, 3.63) is 135 Å². The number of rotatable bonds is 14. The highest BCUT2D eigenvalue weighted by Gasteiger charge is 2.45. The van der Waals surface area contributed by atoms with Gasteiger partial charge in [-0.05, 0) is 105 Å². The van der Waals surface area contributed by atoms with E-state index in [1.807, 2.05) is 32.0 Å². The standard InChI is InChI=1S/C46H46F7N4O6P/c1-7-28-12-11-13-29(8-2)39(28)57-40(36-26-55(44(5,6)42(36)54-57)25-30-16-17-31(45(48,49)50)23-37(30)46(51,52)53)34-20-21-38(47)41-35(34)24-32(56(41)43(58)59)22-27-14-18-33(19-15-27)63-64(60,61-9-3)62-10-4/h11-21,23-24H,7-10,22,25-26H2,1-6H3,(H,58,59). The van der Waals surface area contributed by atoms with Crippen molar-refractivity contribution in [1.82, 2.24) is 19.2 Å². The summed E-state index contributed by atoms with van der Waals surface area (Å²) in [5.41, 5.74) is 0.791. The Hall–Kier alpha value is -5.48. The highest BCUT2D eigenvalue weighted by atomic mass is 31.2. The van der Waals surface area contributed by atoms with Gasteiger partial charge in [-0.1, -0.05) is 50.2 Å². The number of phosphoric ester groups is 1. The molecule has 7 rings (SSSR count). The molecule has 64 heavy (non-hydrogen) atoms. The fourth-order valence-electron chi connectivity index (χ4n) is 8.47. The van der Waals surface area contributed by atoms with E-state index >= 15 is 4.39 Å². The lowest BCUT2D eigenvalue weighted by atomic mass is 9.96. The number of alkyl halides is 6. The Balaban J connectivity index is 1.39. The number of hydrogen-bond donors (Lipinski definition) is 1. The maximum absolute atomic E-state index is 16.2. The minimum absolute atomic E-state index is 0.000215. The Labute approximate surface area is 364 Å². The second-order valence-electron chi connectivity index (χ2n) is 15.8. The molecule has 0 amide bonds. The van der Waals surface area contributed by atoms with Crippen LogP contribution in [-0.2, 0) is 63.9 Å². The van der Waals surface area contributed by atoms with Crippen molar-refractivity contribution in [2.45, 2.75) is 91.8 Å². The molecule has 0 bridgehead atoms. The minimum Gasteiger partial charge on any atom is -0.464 e. The number of phosphoric acid groups is 1. The molecule has 6 aromatic rings. The lowest BCUT2D eigenvalue weighted by Crippen LogP contribution is -2.36. The number of para-hydroxylation sites is 1. The van der Waals surface area contributed by atoms with Crippen LogP contribution in [0.5, 0.6) is 5.75 Å². The molecule has 0 aliphatic carbocycles. The van der Waals surface area contributed by atoms with Crippen molar-refractivity contribution < 1.29 is 58.8 Å². The summed E-state index contributed by atoms with van der Waals surface area (Å²) < 4.78 is 132. The maximum Gasteiger partial charge on any atom is 0.530 e. The average molecular weight is 915 g/mol. The Morgan fingerprint density at radius 3 is 2.05 bits per heavy atom. The topological polar surface area (TPSA) is 108 Å². The van der Waals surface area contributed by atoms with Gasteiger partial charge >= 0.3 is 26.3 Å². The van der Waals surface area contributed by atoms with Crippen LogP contribution in [0.15, 0.2) is 78.9 Å². The summed E-state index contributed by atoms with van der Waals surface area (Å²) in [7, 11) is -3.90. The number of hydrogen-bond acceptors (Lipinski definition) is 7. The summed E-state index contributed by atoms with van der Waals surface area (Å²) in [6.07, 6.45) is -10.4. The van der Waals surface area contributed by atoms with E-state index in [9.17, 15) is 40.8 Å². The van der Waals surface area contributed by atoms with E-state index in [0.717, 1.165) is 33.5 Å². The fourth-order valence-corrected chi connectivity index (χ4v) is 9.66. The van der Waals surface area contributed by atoms with Crippen LogP contribution >= 0.6 is 7.82 Å². The summed E-state index contributed by atoms with van der Waals surface area (Å²) in [6.45, 7) is 10.5. The summed E-state index contributed by atoms with van der Waals surface area (Å²) >= 11 is 0. The molecule has 4 aromatic carbocycles. The first-order valence-corrected chi connectivity index (χ1v) is 22.1. The van der Waals surface area contributed by atoms with Crippen LogP contribution in [0.4, 0.5) is 35.5 Å². The Bertz CT molecular complexity index is 2750. The molecule has 3 heterocycles. The van der Waals surface area contributed by atoms with E-state index in [1.165, 1.54) is 18.2 Å². The minimum atomic E-state index is -5.09. The number of aryl methyl sites for hydroxylation is 2. The quantitative estimate of drug-likeness (QED) is 0.0850. The van der Waals surface area contributed by atoms with E-state index < -0.39 is 55.3 Å². The predicted octanol–water partition coefficient (Wildman–Crippen LogP) is 12.7. The molecule has 0 radical (unpaired) electrons. The molecule has 18 heteroatoms. The molecule has 0 saturated heterocycles. The zero-order chi connectivity index (χ0) is 46.5. The third-order valence-corrected chi connectivity index (χ3v) is 13.1. The fraction of sp³-hybridized carbons (Fsp3) is 0.348. The number of halogens is 7. The monoisotopic (exact) mass is 914 g/mol. The third-order valence-electron chi connectivity index (χ3n) is 11.5. The van der Waals surface area contributed by atoms with E-state index in [0.29, 0.717) is 47.0 Å². The zero-order valence-electron chi connectivity index (χ0n) is 35.8. The smallest absolute Gasteiger partial charge is 0.464 e. The lowest BCUT2D eigenvalue weighted by molar-refractivity contribution is -0.143. The van der Waals surface area contributed by atoms with Crippen molar-refractivity contribution in [3.8, 4) is 22.7 Å². The number of aromatic nitrogens is 3. The van der Waals surface area contributed by atoms with Gasteiger partial charge in [0, 0.05) is 41.7 Å². The van der Waals surface area contributed by atoms with E-state index in [2.05, 4.69) is 0 Å². The zero-order valence-corrected chi connectivity index (χ0v) is 36.7. The summed E-state index contributed by atoms with van der Waals surface area (Å²) in [4.78, 5) is 14.7. The van der Waals surface area contributed by atoms with Crippen LogP contribution < -0.4 is 4.52 Å². The summed E-state index contributed by atoms with van der Waals surface area (Å²) in [5.74, 6) is -0.652.